The van der Waals surface area contributed by atoms with Gasteiger partial charge in [0.1, 0.15) is 0 Å². The fourth-order valence-electron chi connectivity index (χ4n) is 2.37. The third-order valence-corrected chi connectivity index (χ3v) is 3.70. The van der Waals surface area contributed by atoms with Gasteiger partial charge in [0.15, 0.2) is 0 Å². The van der Waals surface area contributed by atoms with E-state index in [1.54, 1.807) is 12.3 Å². The first-order chi connectivity index (χ1) is 8.56. The number of hydrogen-bond acceptors (Lipinski definition) is 3. The minimum atomic E-state index is 0. The van der Waals surface area contributed by atoms with Crippen molar-refractivity contribution in [2.45, 2.75) is 26.7 Å². The van der Waals surface area contributed by atoms with Gasteiger partial charge in [-0.05, 0) is 30.4 Å². The predicted molar refractivity (Wildman–Crippen MR) is 79.1 cm³/mol. The highest BCUT2D eigenvalue weighted by Gasteiger charge is 2.27. The number of hydrogen-bond donors (Lipinski definition) is 1. The minimum Gasteiger partial charge on any atom is -0.397 e. The molecule has 0 radical (unpaired) electrons. The Balaban J connectivity index is 0.00000180. The van der Waals surface area contributed by atoms with Gasteiger partial charge in [0.05, 0.1) is 18.3 Å². The molecular weight excluding hydrogens is 262 g/mol. The minimum absolute atomic E-state index is 0. The molecule has 1 atom stereocenters. The van der Waals surface area contributed by atoms with E-state index in [0.29, 0.717) is 23.9 Å². The summed E-state index contributed by atoms with van der Waals surface area (Å²) in [5, 5.41) is 0. The number of amides is 1. The van der Waals surface area contributed by atoms with E-state index in [-0.39, 0.29) is 18.3 Å². The zero-order valence-corrected chi connectivity index (χ0v) is 12.3. The van der Waals surface area contributed by atoms with Crippen LogP contribution in [0.3, 0.4) is 0 Å². The molecule has 1 aromatic rings. The van der Waals surface area contributed by atoms with Crippen molar-refractivity contribution in [2.75, 3.05) is 18.8 Å². The summed E-state index contributed by atoms with van der Waals surface area (Å²) >= 11 is 0. The van der Waals surface area contributed by atoms with Crippen LogP contribution in [0.4, 0.5) is 5.69 Å². The maximum Gasteiger partial charge on any atom is 0.228 e. The van der Waals surface area contributed by atoms with Crippen molar-refractivity contribution in [3.8, 4) is 0 Å². The third kappa shape index (κ3) is 4.10. The van der Waals surface area contributed by atoms with Gasteiger partial charge in [-0.3, -0.25) is 9.78 Å². The second kappa shape index (κ2) is 6.75. The summed E-state index contributed by atoms with van der Waals surface area (Å²) in [6.07, 6.45) is 3.10. The zero-order valence-electron chi connectivity index (χ0n) is 11.5. The molecular formula is C14H22ClN3O. The Morgan fingerprint density at radius 2 is 2.26 bits per heavy atom. The fraction of sp³-hybridized carbons (Fsp3) is 0.571. The van der Waals surface area contributed by atoms with E-state index in [4.69, 9.17) is 5.73 Å². The van der Waals surface area contributed by atoms with Crippen LogP contribution in [0.2, 0.25) is 0 Å². The summed E-state index contributed by atoms with van der Waals surface area (Å²) in [5.74, 6) is 1.47. The van der Waals surface area contributed by atoms with E-state index >= 15 is 0 Å². The fourth-order valence-corrected chi connectivity index (χ4v) is 2.37. The van der Waals surface area contributed by atoms with E-state index in [0.717, 1.165) is 25.2 Å². The molecule has 2 N–H and O–H groups in total. The molecule has 0 spiro atoms. The number of nitrogens with two attached hydrogens (primary N) is 1. The van der Waals surface area contributed by atoms with Crippen LogP contribution in [0.25, 0.3) is 0 Å². The Morgan fingerprint density at radius 1 is 1.53 bits per heavy atom. The van der Waals surface area contributed by atoms with Crippen molar-refractivity contribution in [2.24, 2.45) is 11.8 Å². The predicted octanol–water partition coefficient (Wildman–Crippen LogP) is 2.13. The van der Waals surface area contributed by atoms with Gasteiger partial charge in [-0.1, -0.05) is 13.8 Å². The van der Waals surface area contributed by atoms with Crippen molar-refractivity contribution in [3.05, 3.63) is 24.0 Å². The van der Waals surface area contributed by atoms with Gasteiger partial charge in [0.25, 0.3) is 0 Å². The van der Waals surface area contributed by atoms with Crippen molar-refractivity contribution >= 4 is 24.0 Å². The SMILES string of the molecule is CC(C)C1CCN(C(=O)Cc2ccc(N)cn2)C1.Cl. The van der Waals surface area contributed by atoms with Crippen LogP contribution in [-0.4, -0.2) is 28.9 Å². The molecule has 1 unspecified atom stereocenters. The zero-order chi connectivity index (χ0) is 13.1. The summed E-state index contributed by atoms with van der Waals surface area (Å²) in [6, 6.07) is 3.61. The molecule has 1 aliphatic heterocycles. The van der Waals surface area contributed by atoms with Crippen LogP contribution in [0, 0.1) is 11.8 Å². The van der Waals surface area contributed by atoms with Crippen LogP contribution in [-0.2, 0) is 11.2 Å². The molecule has 1 aromatic heterocycles. The first kappa shape index (κ1) is 15.8. The molecule has 0 saturated carbocycles. The highest BCUT2D eigenvalue weighted by Crippen LogP contribution is 2.23. The second-order valence-corrected chi connectivity index (χ2v) is 5.39. The smallest absolute Gasteiger partial charge is 0.228 e. The highest BCUT2D eigenvalue weighted by atomic mass is 35.5. The summed E-state index contributed by atoms with van der Waals surface area (Å²) in [7, 11) is 0. The van der Waals surface area contributed by atoms with Gasteiger partial charge in [-0.25, -0.2) is 0 Å². The van der Waals surface area contributed by atoms with Gasteiger partial charge in [0, 0.05) is 18.8 Å². The number of aromatic nitrogens is 1. The standard InChI is InChI=1S/C14H21N3O.ClH/c1-10(2)11-5-6-17(9-11)14(18)7-13-4-3-12(15)8-16-13;/h3-4,8,10-11H,5-7,9,15H2,1-2H3;1H. The average Bonchev–Trinajstić information content (AvgIpc) is 2.81. The Labute approximate surface area is 120 Å². The van der Waals surface area contributed by atoms with Crippen LogP contribution >= 0.6 is 12.4 Å². The number of nitrogen functional groups attached to an aromatic ring is 1. The number of rotatable bonds is 3. The van der Waals surface area contributed by atoms with Crippen LogP contribution in [0.15, 0.2) is 18.3 Å². The largest absolute Gasteiger partial charge is 0.397 e. The molecule has 0 aliphatic carbocycles. The third-order valence-electron chi connectivity index (χ3n) is 3.70. The topological polar surface area (TPSA) is 59.2 Å². The van der Waals surface area contributed by atoms with E-state index in [1.807, 2.05) is 11.0 Å². The highest BCUT2D eigenvalue weighted by molar-refractivity contribution is 5.85. The number of anilines is 1. The molecule has 0 bridgehead atoms. The molecule has 106 valence electrons. The molecule has 2 heterocycles. The Kier molecular flexibility index (Phi) is 5.60. The van der Waals surface area contributed by atoms with E-state index < -0.39 is 0 Å². The second-order valence-electron chi connectivity index (χ2n) is 5.39. The van der Waals surface area contributed by atoms with E-state index in [1.165, 1.54) is 0 Å². The maximum atomic E-state index is 12.1. The number of pyridine rings is 1. The van der Waals surface area contributed by atoms with Crippen LogP contribution in [0.5, 0.6) is 0 Å². The number of carbonyl (C=O) groups is 1. The lowest BCUT2D eigenvalue weighted by Gasteiger charge is -2.18. The van der Waals surface area contributed by atoms with Gasteiger partial charge >= 0.3 is 0 Å². The number of carbonyl (C=O) groups excluding carboxylic acids is 1. The molecule has 4 nitrogen and oxygen atoms in total. The molecule has 1 amide bonds. The number of halogens is 1. The first-order valence-electron chi connectivity index (χ1n) is 6.54. The first-order valence-corrected chi connectivity index (χ1v) is 6.54. The van der Waals surface area contributed by atoms with Gasteiger partial charge in [-0.2, -0.15) is 0 Å². The van der Waals surface area contributed by atoms with Gasteiger partial charge < -0.3 is 10.6 Å². The summed E-state index contributed by atoms with van der Waals surface area (Å²) in [4.78, 5) is 18.3. The normalized spacial score (nSPS) is 18.5. The van der Waals surface area contributed by atoms with Crippen molar-refractivity contribution in [3.63, 3.8) is 0 Å². The lowest BCUT2D eigenvalue weighted by atomic mass is 9.95. The Bertz CT molecular complexity index is 419. The van der Waals surface area contributed by atoms with Crippen molar-refractivity contribution in [1.29, 1.82) is 0 Å². The van der Waals surface area contributed by atoms with Crippen molar-refractivity contribution in [1.82, 2.24) is 9.88 Å². The van der Waals surface area contributed by atoms with E-state index in [9.17, 15) is 4.79 Å². The van der Waals surface area contributed by atoms with Crippen LogP contribution < -0.4 is 5.73 Å². The molecule has 1 fully saturated rings. The Hall–Kier alpha value is -1.29. The number of nitrogens with zero attached hydrogens (tertiary/aromatic N) is 2. The van der Waals surface area contributed by atoms with Crippen molar-refractivity contribution < 1.29 is 4.79 Å². The van der Waals surface area contributed by atoms with Crippen LogP contribution in [0.1, 0.15) is 26.0 Å². The molecule has 0 aromatic carbocycles. The summed E-state index contributed by atoms with van der Waals surface area (Å²) < 4.78 is 0. The maximum absolute atomic E-state index is 12.1. The van der Waals surface area contributed by atoms with Gasteiger partial charge in [0.2, 0.25) is 5.91 Å². The molecule has 5 heteroatoms. The Morgan fingerprint density at radius 3 is 2.79 bits per heavy atom. The number of likely N-dealkylation sites (tertiary alicyclic amines) is 1. The lowest BCUT2D eigenvalue weighted by molar-refractivity contribution is -0.129. The van der Waals surface area contributed by atoms with E-state index in [2.05, 4.69) is 18.8 Å². The molecule has 2 rings (SSSR count). The monoisotopic (exact) mass is 283 g/mol. The summed E-state index contributed by atoms with van der Waals surface area (Å²) in [5.41, 5.74) is 7.00. The molecule has 19 heavy (non-hydrogen) atoms. The molecule has 1 aliphatic rings. The van der Waals surface area contributed by atoms with Gasteiger partial charge in [-0.15, -0.1) is 12.4 Å². The lowest BCUT2D eigenvalue weighted by Crippen LogP contribution is -2.30. The average molecular weight is 284 g/mol. The quantitative estimate of drug-likeness (QED) is 0.924. The summed E-state index contributed by atoms with van der Waals surface area (Å²) in [6.45, 7) is 6.22. The molecule has 1 saturated heterocycles.